The Morgan fingerprint density at radius 2 is 2.04 bits per heavy atom. The van der Waals surface area contributed by atoms with Crippen molar-refractivity contribution in [3.63, 3.8) is 0 Å². The number of nitrogens with one attached hydrogen (secondary N) is 1. The molecule has 0 aliphatic rings. The lowest BCUT2D eigenvalue weighted by Crippen LogP contribution is -2.15. The lowest BCUT2D eigenvalue weighted by Gasteiger charge is -2.27. The van der Waals surface area contributed by atoms with Gasteiger partial charge in [0.1, 0.15) is 12.1 Å². The molecule has 138 valence electrons. The van der Waals surface area contributed by atoms with E-state index in [1.54, 1.807) is 12.3 Å². The number of allylic oxidation sites excluding steroid dienone is 7. The molecule has 1 aromatic rings. The van der Waals surface area contributed by atoms with Crippen LogP contribution in [0.15, 0.2) is 83.6 Å². The third-order valence-corrected chi connectivity index (χ3v) is 3.95. The van der Waals surface area contributed by atoms with Gasteiger partial charge in [0.15, 0.2) is 0 Å². The molecule has 1 N–H and O–H groups in total. The van der Waals surface area contributed by atoms with E-state index < -0.39 is 0 Å². The van der Waals surface area contributed by atoms with Crippen molar-refractivity contribution in [2.24, 2.45) is 10.4 Å². The molecule has 1 aromatic heterocycles. The van der Waals surface area contributed by atoms with Crippen molar-refractivity contribution in [2.75, 3.05) is 5.32 Å². The fourth-order valence-electron chi connectivity index (χ4n) is 2.56. The van der Waals surface area contributed by atoms with Crippen LogP contribution < -0.4 is 5.32 Å². The fourth-order valence-corrected chi connectivity index (χ4v) is 2.56. The first-order valence-electron chi connectivity index (χ1n) is 8.71. The molecule has 0 spiro atoms. The molecule has 0 saturated heterocycles. The molecule has 4 heteroatoms. The summed E-state index contributed by atoms with van der Waals surface area (Å²) in [6.45, 7) is 18.4. The van der Waals surface area contributed by atoms with Gasteiger partial charge in [0.2, 0.25) is 0 Å². The average molecular weight is 351 g/mol. The second kappa shape index (κ2) is 10.3. The van der Waals surface area contributed by atoms with Crippen LogP contribution in [0.3, 0.4) is 0 Å². The number of hydrogen-bond acceptors (Lipinski definition) is 4. The Bertz CT molecular complexity index is 735. The monoisotopic (exact) mass is 350 g/mol. The fraction of sp³-hybridized carbons (Fsp3) is 0.318. The number of rotatable bonds is 9. The van der Waals surface area contributed by atoms with Crippen molar-refractivity contribution in [3.8, 4) is 0 Å². The largest absolute Gasteiger partial charge is 0.340 e. The van der Waals surface area contributed by atoms with E-state index in [1.807, 2.05) is 39.1 Å². The van der Waals surface area contributed by atoms with E-state index in [-0.39, 0.29) is 5.41 Å². The van der Waals surface area contributed by atoms with Gasteiger partial charge in [-0.15, -0.1) is 0 Å². The molecule has 1 rings (SSSR count). The smallest absolute Gasteiger partial charge is 0.133 e. The van der Waals surface area contributed by atoms with Crippen molar-refractivity contribution in [1.82, 2.24) is 9.97 Å². The van der Waals surface area contributed by atoms with Crippen LogP contribution in [0, 0.1) is 5.41 Å². The van der Waals surface area contributed by atoms with Crippen molar-refractivity contribution in [2.45, 2.75) is 41.0 Å². The van der Waals surface area contributed by atoms with E-state index >= 15 is 0 Å². The SMILES string of the molecule is C=C/C(=C\C=C(/CC(C)(C)C(=C/C)/N=C\C)C(=C)C)Nc1ccncn1. The third-order valence-electron chi connectivity index (χ3n) is 3.95. The van der Waals surface area contributed by atoms with Crippen LogP contribution in [0.2, 0.25) is 0 Å². The van der Waals surface area contributed by atoms with Gasteiger partial charge < -0.3 is 5.32 Å². The zero-order valence-electron chi connectivity index (χ0n) is 16.6. The van der Waals surface area contributed by atoms with Crippen molar-refractivity contribution in [1.29, 1.82) is 0 Å². The van der Waals surface area contributed by atoms with Gasteiger partial charge in [-0.25, -0.2) is 9.97 Å². The summed E-state index contributed by atoms with van der Waals surface area (Å²) in [4.78, 5) is 12.6. The summed E-state index contributed by atoms with van der Waals surface area (Å²) in [6, 6.07) is 1.81. The van der Waals surface area contributed by atoms with Crippen molar-refractivity contribution < 1.29 is 0 Å². The number of aliphatic imine (C=N–C) groups is 1. The maximum atomic E-state index is 4.52. The van der Waals surface area contributed by atoms with Gasteiger partial charge in [-0.1, -0.05) is 44.7 Å². The van der Waals surface area contributed by atoms with Gasteiger partial charge in [0.25, 0.3) is 0 Å². The van der Waals surface area contributed by atoms with Crippen molar-refractivity contribution in [3.05, 3.63) is 78.6 Å². The maximum absolute atomic E-state index is 4.52. The molecule has 4 nitrogen and oxygen atoms in total. The van der Waals surface area contributed by atoms with Crippen LogP contribution in [0.25, 0.3) is 0 Å². The third kappa shape index (κ3) is 6.63. The summed E-state index contributed by atoms with van der Waals surface area (Å²) in [5.74, 6) is 0.727. The van der Waals surface area contributed by atoms with E-state index in [0.29, 0.717) is 0 Å². The Labute approximate surface area is 157 Å². The summed E-state index contributed by atoms with van der Waals surface area (Å²) < 4.78 is 0. The molecular weight excluding hydrogens is 320 g/mol. The topological polar surface area (TPSA) is 50.2 Å². The minimum Gasteiger partial charge on any atom is -0.340 e. The van der Waals surface area contributed by atoms with Gasteiger partial charge in [-0.2, -0.15) is 0 Å². The lowest BCUT2D eigenvalue weighted by molar-refractivity contribution is 0.439. The van der Waals surface area contributed by atoms with Crippen LogP contribution in [0.4, 0.5) is 5.82 Å². The summed E-state index contributed by atoms with van der Waals surface area (Å²) >= 11 is 0. The van der Waals surface area contributed by atoms with Crippen LogP contribution in [0.5, 0.6) is 0 Å². The van der Waals surface area contributed by atoms with Gasteiger partial charge in [0, 0.05) is 29.2 Å². The first-order chi connectivity index (χ1) is 12.3. The van der Waals surface area contributed by atoms with Gasteiger partial charge in [-0.05, 0) is 51.0 Å². The standard InChI is InChI=1S/C22H30N4/c1-8-19(26-21-13-14-23-16-25-21)12-11-18(17(4)5)15-22(6,7)20(9-2)24-10-3/h8-14,16H,1,4,15H2,2-3,5-7H3,(H,23,25,26)/b18-11+,19-12+,20-9-,24-10-. The molecule has 0 unspecified atom stereocenters. The quantitative estimate of drug-likeness (QED) is 0.447. The van der Waals surface area contributed by atoms with Crippen molar-refractivity contribution >= 4 is 12.0 Å². The Morgan fingerprint density at radius 1 is 1.31 bits per heavy atom. The van der Waals surface area contributed by atoms with E-state index in [1.165, 1.54) is 11.9 Å². The second-order valence-electron chi connectivity index (χ2n) is 6.64. The molecule has 1 heterocycles. The first-order valence-corrected chi connectivity index (χ1v) is 8.71. The van der Waals surface area contributed by atoms with Crippen LogP contribution >= 0.6 is 0 Å². The zero-order chi connectivity index (χ0) is 19.6. The summed E-state index contributed by atoms with van der Waals surface area (Å²) in [6.07, 6.45) is 13.8. The highest BCUT2D eigenvalue weighted by atomic mass is 15.0. The minimum atomic E-state index is -0.0890. The van der Waals surface area contributed by atoms with Crippen LogP contribution in [-0.4, -0.2) is 16.2 Å². The zero-order valence-corrected chi connectivity index (χ0v) is 16.6. The Hall–Kier alpha value is -2.75. The Balaban J connectivity index is 3.07. The molecule has 0 aromatic carbocycles. The highest BCUT2D eigenvalue weighted by molar-refractivity contribution is 5.55. The Kier molecular flexibility index (Phi) is 8.43. The second-order valence-corrected chi connectivity index (χ2v) is 6.64. The summed E-state index contributed by atoms with van der Waals surface area (Å²) in [5.41, 5.74) is 4.05. The number of anilines is 1. The number of nitrogens with zero attached hydrogens (tertiary/aromatic N) is 3. The average Bonchev–Trinajstić information content (AvgIpc) is 2.62. The summed E-state index contributed by atoms with van der Waals surface area (Å²) in [7, 11) is 0. The molecule has 0 amide bonds. The molecule has 0 atom stereocenters. The minimum absolute atomic E-state index is 0.0890. The predicted molar refractivity (Wildman–Crippen MR) is 113 cm³/mol. The Morgan fingerprint density at radius 3 is 2.54 bits per heavy atom. The van der Waals surface area contributed by atoms with E-state index in [0.717, 1.165) is 29.2 Å². The van der Waals surface area contributed by atoms with Crippen LogP contribution in [-0.2, 0) is 0 Å². The molecule has 26 heavy (non-hydrogen) atoms. The molecule has 0 aliphatic carbocycles. The number of aromatic nitrogens is 2. The van der Waals surface area contributed by atoms with E-state index in [9.17, 15) is 0 Å². The molecule has 0 radical (unpaired) electrons. The van der Waals surface area contributed by atoms with Gasteiger partial charge in [-0.3, -0.25) is 4.99 Å². The predicted octanol–water partition coefficient (Wildman–Crippen LogP) is 5.87. The highest BCUT2D eigenvalue weighted by Crippen LogP contribution is 2.36. The van der Waals surface area contributed by atoms with E-state index in [2.05, 4.69) is 59.4 Å². The lowest BCUT2D eigenvalue weighted by atomic mass is 9.80. The molecular formula is C22H30N4. The van der Waals surface area contributed by atoms with E-state index in [4.69, 9.17) is 0 Å². The number of hydrogen-bond donors (Lipinski definition) is 1. The first kappa shape index (κ1) is 21.3. The maximum Gasteiger partial charge on any atom is 0.133 e. The van der Waals surface area contributed by atoms with Gasteiger partial charge in [0.05, 0.1) is 0 Å². The molecule has 0 aliphatic heterocycles. The normalized spacial score (nSPS) is 13.8. The van der Waals surface area contributed by atoms with Gasteiger partial charge >= 0.3 is 0 Å². The summed E-state index contributed by atoms with van der Waals surface area (Å²) in [5, 5.41) is 3.22. The highest BCUT2D eigenvalue weighted by Gasteiger charge is 2.24. The molecule has 0 saturated carbocycles. The molecule has 0 fully saturated rings. The van der Waals surface area contributed by atoms with Crippen LogP contribution in [0.1, 0.15) is 41.0 Å². The molecule has 0 bridgehead atoms.